The molecule has 1 aliphatic heterocycles. The molecule has 2 heterocycles. The van der Waals surface area contributed by atoms with E-state index in [9.17, 15) is 4.39 Å². The minimum absolute atomic E-state index is 0.116. The Kier molecular flexibility index (Phi) is 5.21. The van der Waals surface area contributed by atoms with E-state index in [2.05, 4.69) is 16.0 Å². The molecule has 4 rings (SSSR count). The van der Waals surface area contributed by atoms with E-state index in [1.165, 1.54) is 6.07 Å². The maximum absolute atomic E-state index is 14.2. The monoisotopic (exact) mass is 385 g/mol. The highest BCUT2D eigenvalue weighted by Crippen LogP contribution is 2.33. The van der Waals surface area contributed by atoms with E-state index < -0.39 is 0 Å². The molecule has 1 aromatic heterocycles. The van der Waals surface area contributed by atoms with E-state index in [0.29, 0.717) is 22.8 Å². The summed E-state index contributed by atoms with van der Waals surface area (Å²) in [5.41, 5.74) is 2.91. The summed E-state index contributed by atoms with van der Waals surface area (Å²) in [6.07, 6.45) is 6.90. The Bertz CT molecular complexity index is 1110. The van der Waals surface area contributed by atoms with Crippen molar-refractivity contribution in [2.75, 3.05) is 6.54 Å². The average Bonchev–Trinajstić information content (AvgIpc) is 3.42. The van der Waals surface area contributed by atoms with Crippen LogP contribution < -0.4 is 0 Å². The summed E-state index contributed by atoms with van der Waals surface area (Å²) in [5.74, 6) is 0.727. The Balaban J connectivity index is 1.49. The molecule has 3 aromatic rings. The third kappa shape index (κ3) is 3.94. The van der Waals surface area contributed by atoms with Gasteiger partial charge in [-0.05, 0) is 43.2 Å². The van der Waals surface area contributed by atoms with Crippen molar-refractivity contribution in [1.82, 2.24) is 14.9 Å². The maximum Gasteiger partial charge on any atom is 0.130 e. The number of halogens is 1. The smallest absolute Gasteiger partial charge is 0.130 e. The van der Waals surface area contributed by atoms with Gasteiger partial charge in [0.05, 0.1) is 29.6 Å². The van der Waals surface area contributed by atoms with Crippen molar-refractivity contribution in [1.29, 1.82) is 10.7 Å². The lowest BCUT2D eigenvalue weighted by Crippen LogP contribution is -2.28. The molecular weight excluding hydrogens is 365 g/mol. The molecule has 0 radical (unpaired) electrons. The molecule has 6 heteroatoms. The molecule has 29 heavy (non-hydrogen) atoms. The van der Waals surface area contributed by atoms with Crippen LogP contribution in [-0.4, -0.2) is 27.2 Å². The van der Waals surface area contributed by atoms with Crippen molar-refractivity contribution < 1.29 is 4.39 Å². The molecule has 0 bridgehead atoms. The Morgan fingerprint density at radius 3 is 2.97 bits per heavy atom. The molecular formula is C23H20FN5. The van der Waals surface area contributed by atoms with E-state index in [0.717, 1.165) is 30.6 Å². The number of aromatic nitrogens is 2. The summed E-state index contributed by atoms with van der Waals surface area (Å²) < 4.78 is 14.2. The highest BCUT2D eigenvalue weighted by molar-refractivity contribution is 5.94. The second-order valence-electron chi connectivity index (χ2n) is 6.97. The number of hydrogen-bond donors (Lipinski definition) is 2. The molecule has 2 N–H and O–H groups in total. The standard InChI is InChI=1S/C23H20FN5/c24-19-8-2-1-7-18(19)21-9-4-12-29(21)22(26)10-11-23-27-15-20(28-23)17-6-3-5-16(13-17)14-25/h1-3,5-8,10-11,13,15,21,26H,4,9,12H2,(H,27,28)/b11-10-,26-22?. The third-order valence-electron chi connectivity index (χ3n) is 5.12. The number of rotatable bonds is 4. The number of nitrogens with one attached hydrogen (secondary N) is 2. The summed E-state index contributed by atoms with van der Waals surface area (Å²) in [6, 6.07) is 16.1. The largest absolute Gasteiger partial charge is 0.350 e. The first-order valence-electron chi connectivity index (χ1n) is 9.49. The fourth-order valence-corrected chi connectivity index (χ4v) is 3.70. The minimum atomic E-state index is -0.226. The first-order valence-corrected chi connectivity index (χ1v) is 9.49. The first kappa shape index (κ1) is 18.6. The van der Waals surface area contributed by atoms with Gasteiger partial charge in [0, 0.05) is 17.7 Å². The first-order chi connectivity index (χ1) is 14.2. The van der Waals surface area contributed by atoms with Crippen LogP contribution in [0.1, 0.15) is 35.8 Å². The maximum atomic E-state index is 14.2. The van der Waals surface area contributed by atoms with Gasteiger partial charge in [0.2, 0.25) is 0 Å². The molecule has 0 amide bonds. The van der Waals surface area contributed by atoms with E-state index in [4.69, 9.17) is 10.7 Å². The van der Waals surface area contributed by atoms with E-state index in [-0.39, 0.29) is 11.9 Å². The summed E-state index contributed by atoms with van der Waals surface area (Å²) in [5, 5.41) is 17.5. The molecule has 5 nitrogen and oxygen atoms in total. The SMILES string of the molecule is N#Cc1cccc(-c2cnc(/C=C\C(=N)N3CCCC3c3ccccc3F)[nH]2)c1. The van der Waals surface area contributed by atoms with Crippen molar-refractivity contribution >= 4 is 11.9 Å². The summed E-state index contributed by atoms with van der Waals surface area (Å²) in [4.78, 5) is 9.46. The fraction of sp³-hybridized carbons (Fsp3) is 0.174. The van der Waals surface area contributed by atoms with Crippen molar-refractivity contribution in [2.45, 2.75) is 18.9 Å². The molecule has 144 valence electrons. The normalized spacial score (nSPS) is 16.3. The van der Waals surface area contributed by atoms with Crippen LogP contribution in [0.4, 0.5) is 4.39 Å². The van der Waals surface area contributed by atoms with Crippen LogP contribution in [-0.2, 0) is 0 Å². The molecule has 0 saturated carbocycles. The van der Waals surface area contributed by atoms with Gasteiger partial charge in [-0.1, -0.05) is 30.3 Å². The lowest BCUT2D eigenvalue weighted by molar-refractivity contribution is 0.387. The second kappa shape index (κ2) is 8.11. The number of imidazole rings is 1. The molecule has 1 fully saturated rings. The van der Waals surface area contributed by atoms with Crippen LogP contribution in [0.5, 0.6) is 0 Å². The highest BCUT2D eigenvalue weighted by atomic mass is 19.1. The van der Waals surface area contributed by atoms with E-state index >= 15 is 0 Å². The Morgan fingerprint density at radius 1 is 1.28 bits per heavy atom. The number of hydrogen-bond acceptors (Lipinski definition) is 3. The van der Waals surface area contributed by atoms with Gasteiger partial charge in [0.1, 0.15) is 17.5 Å². The van der Waals surface area contributed by atoms with Crippen LogP contribution in [0, 0.1) is 22.6 Å². The van der Waals surface area contributed by atoms with Crippen molar-refractivity contribution in [3.63, 3.8) is 0 Å². The number of aromatic amines is 1. The predicted octanol–water partition coefficient (Wildman–Crippen LogP) is 4.92. The number of nitriles is 1. The molecule has 2 aromatic carbocycles. The van der Waals surface area contributed by atoms with Crippen molar-refractivity contribution in [3.05, 3.63) is 83.6 Å². The second-order valence-corrected chi connectivity index (χ2v) is 6.97. The molecule has 1 saturated heterocycles. The van der Waals surface area contributed by atoms with Crippen LogP contribution in [0.15, 0.2) is 60.8 Å². The van der Waals surface area contributed by atoms with Gasteiger partial charge in [-0.25, -0.2) is 9.37 Å². The number of amidine groups is 1. The third-order valence-corrected chi connectivity index (χ3v) is 5.12. The van der Waals surface area contributed by atoms with Gasteiger partial charge >= 0.3 is 0 Å². The number of benzene rings is 2. The predicted molar refractivity (Wildman–Crippen MR) is 111 cm³/mol. The van der Waals surface area contributed by atoms with Gasteiger partial charge in [0.25, 0.3) is 0 Å². The highest BCUT2D eigenvalue weighted by Gasteiger charge is 2.28. The van der Waals surface area contributed by atoms with Crippen LogP contribution in [0.3, 0.4) is 0 Å². The average molecular weight is 385 g/mol. The number of likely N-dealkylation sites (tertiary alicyclic amines) is 1. The molecule has 1 aliphatic rings. The molecule has 1 unspecified atom stereocenters. The quantitative estimate of drug-likeness (QED) is 0.494. The summed E-state index contributed by atoms with van der Waals surface area (Å²) in [6.45, 7) is 0.729. The number of nitrogens with zero attached hydrogens (tertiary/aromatic N) is 3. The molecule has 0 spiro atoms. The lowest BCUT2D eigenvalue weighted by Gasteiger charge is -2.26. The van der Waals surface area contributed by atoms with E-state index in [1.807, 2.05) is 23.1 Å². The summed E-state index contributed by atoms with van der Waals surface area (Å²) in [7, 11) is 0. The number of H-pyrrole nitrogens is 1. The summed E-state index contributed by atoms with van der Waals surface area (Å²) >= 11 is 0. The van der Waals surface area contributed by atoms with Crippen LogP contribution >= 0.6 is 0 Å². The van der Waals surface area contributed by atoms with Crippen molar-refractivity contribution in [3.8, 4) is 17.3 Å². The van der Waals surface area contributed by atoms with Gasteiger partial charge in [-0.15, -0.1) is 0 Å². The minimum Gasteiger partial charge on any atom is -0.350 e. The zero-order valence-corrected chi connectivity index (χ0v) is 15.8. The van der Waals surface area contributed by atoms with Crippen LogP contribution in [0.25, 0.3) is 17.3 Å². The van der Waals surface area contributed by atoms with Gasteiger partial charge in [-0.2, -0.15) is 5.26 Å². The Hall–Kier alpha value is -3.72. The van der Waals surface area contributed by atoms with Gasteiger partial charge in [-0.3, -0.25) is 5.41 Å². The van der Waals surface area contributed by atoms with E-state index in [1.54, 1.807) is 42.6 Å². The lowest BCUT2D eigenvalue weighted by atomic mass is 10.0. The Labute approximate surface area is 168 Å². The fourth-order valence-electron chi connectivity index (χ4n) is 3.70. The van der Waals surface area contributed by atoms with Crippen LogP contribution in [0.2, 0.25) is 0 Å². The van der Waals surface area contributed by atoms with Gasteiger partial charge < -0.3 is 9.88 Å². The zero-order chi connectivity index (χ0) is 20.2. The molecule has 1 atom stereocenters. The van der Waals surface area contributed by atoms with Crippen molar-refractivity contribution in [2.24, 2.45) is 0 Å². The van der Waals surface area contributed by atoms with Gasteiger partial charge in [0.15, 0.2) is 0 Å². The molecule has 0 aliphatic carbocycles. The Morgan fingerprint density at radius 2 is 2.14 bits per heavy atom. The zero-order valence-electron chi connectivity index (χ0n) is 15.8. The topological polar surface area (TPSA) is 79.6 Å².